The average molecular weight is 417 g/mol. The summed E-state index contributed by atoms with van der Waals surface area (Å²) in [5.74, 6) is -2.83. The van der Waals surface area contributed by atoms with Gasteiger partial charge in [0.05, 0.1) is 6.04 Å². The van der Waals surface area contributed by atoms with E-state index in [1.165, 1.54) is 4.90 Å². The van der Waals surface area contributed by atoms with E-state index >= 15 is 0 Å². The van der Waals surface area contributed by atoms with Gasteiger partial charge in [-0.25, -0.2) is 4.79 Å². The fraction of sp³-hybridized carbons (Fsp3) is 0.778. The zero-order valence-electron chi connectivity index (χ0n) is 16.8. The molecule has 0 radical (unpaired) electrons. The molecule has 1 saturated heterocycles. The van der Waals surface area contributed by atoms with Crippen LogP contribution in [0.2, 0.25) is 0 Å². The van der Waals surface area contributed by atoms with Gasteiger partial charge in [-0.1, -0.05) is 27.7 Å². The van der Waals surface area contributed by atoms with E-state index in [0.717, 1.165) is 0 Å². The molecule has 0 aromatic heterocycles. The van der Waals surface area contributed by atoms with Crippen molar-refractivity contribution in [3.63, 3.8) is 0 Å². The van der Waals surface area contributed by atoms with Crippen molar-refractivity contribution in [2.45, 2.75) is 64.7 Å². The molecule has 4 unspecified atom stereocenters. The van der Waals surface area contributed by atoms with Crippen molar-refractivity contribution in [3.8, 4) is 0 Å². The smallest absolute Gasteiger partial charge is 0.326 e. The number of carboxylic acids is 1. The van der Waals surface area contributed by atoms with E-state index in [1.807, 2.05) is 0 Å². The predicted molar refractivity (Wildman–Crippen MR) is 108 cm³/mol. The fourth-order valence-corrected chi connectivity index (χ4v) is 3.27. The molecular weight excluding hydrogens is 384 g/mol. The molecule has 0 aliphatic carbocycles. The van der Waals surface area contributed by atoms with E-state index in [9.17, 15) is 24.3 Å². The van der Waals surface area contributed by atoms with Crippen molar-refractivity contribution in [1.29, 1.82) is 0 Å². The molecule has 1 heterocycles. The van der Waals surface area contributed by atoms with Crippen LogP contribution < -0.4 is 16.4 Å². The van der Waals surface area contributed by atoms with Gasteiger partial charge in [0.2, 0.25) is 17.7 Å². The summed E-state index contributed by atoms with van der Waals surface area (Å²) in [6.45, 7) is 7.35. The second-order valence-electron chi connectivity index (χ2n) is 7.77. The number of carboxylic acid groups (broad SMARTS) is 1. The third-order valence-corrected chi connectivity index (χ3v) is 5.25. The van der Waals surface area contributed by atoms with Crippen LogP contribution in [0.1, 0.15) is 40.5 Å². The Bertz CT molecular complexity index is 599. The minimum Gasteiger partial charge on any atom is -0.480 e. The summed E-state index contributed by atoms with van der Waals surface area (Å²) in [5.41, 5.74) is 5.82. The lowest BCUT2D eigenvalue weighted by Gasteiger charge is -2.30. The summed E-state index contributed by atoms with van der Waals surface area (Å²) in [4.78, 5) is 50.4. The molecular formula is C18H32N4O5S. The lowest BCUT2D eigenvalue weighted by molar-refractivity contribution is -0.145. The van der Waals surface area contributed by atoms with Crippen molar-refractivity contribution in [2.24, 2.45) is 17.6 Å². The van der Waals surface area contributed by atoms with Gasteiger partial charge in [0.1, 0.15) is 18.1 Å². The van der Waals surface area contributed by atoms with Crippen molar-refractivity contribution < 1.29 is 24.3 Å². The molecule has 10 heteroatoms. The number of hydrogen-bond donors (Lipinski definition) is 5. The molecule has 1 aliphatic rings. The molecule has 3 amide bonds. The number of aliphatic carboxylic acids is 1. The summed E-state index contributed by atoms with van der Waals surface area (Å²) < 4.78 is 0. The van der Waals surface area contributed by atoms with Crippen molar-refractivity contribution in [1.82, 2.24) is 15.5 Å². The first-order valence-corrected chi connectivity index (χ1v) is 10.1. The highest BCUT2D eigenvalue weighted by Crippen LogP contribution is 2.20. The monoisotopic (exact) mass is 416 g/mol. The maximum Gasteiger partial charge on any atom is 0.326 e. The van der Waals surface area contributed by atoms with Crippen LogP contribution in [0.25, 0.3) is 0 Å². The second-order valence-corrected chi connectivity index (χ2v) is 8.14. The number of nitrogens with two attached hydrogens (primary N) is 1. The lowest BCUT2D eigenvalue weighted by atomic mass is 10.0. The van der Waals surface area contributed by atoms with Crippen molar-refractivity contribution in [2.75, 3.05) is 12.3 Å². The van der Waals surface area contributed by atoms with Crippen LogP contribution >= 0.6 is 12.6 Å². The highest BCUT2D eigenvalue weighted by atomic mass is 32.1. The van der Waals surface area contributed by atoms with Gasteiger partial charge in [0.25, 0.3) is 0 Å². The predicted octanol–water partition coefficient (Wildman–Crippen LogP) is -0.399. The Kier molecular flexibility index (Phi) is 9.22. The molecule has 0 aromatic rings. The Balaban J connectivity index is 2.86. The standard InChI is InChI=1S/C18H32N4O5S/c1-9(2)13(19)16(24)20-11(8-28)17(25)22-7-5-6-12(22)15(23)21-14(10(3)4)18(26)27/h9-14,28H,5-8,19H2,1-4H3,(H,20,24)(H,21,23)(H,26,27). The molecule has 1 fully saturated rings. The van der Waals surface area contributed by atoms with Crippen LogP contribution in [-0.4, -0.2) is 70.2 Å². The average Bonchev–Trinajstić information content (AvgIpc) is 3.11. The summed E-state index contributed by atoms with van der Waals surface area (Å²) >= 11 is 4.15. The Morgan fingerprint density at radius 1 is 1.14 bits per heavy atom. The lowest BCUT2D eigenvalue weighted by Crippen LogP contribution is -2.58. The van der Waals surface area contributed by atoms with Gasteiger partial charge < -0.3 is 26.4 Å². The normalized spacial score (nSPS) is 20.0. The third-order valence-electron chi connectivity index (χ3n) is 4.89. The number of amides is 3. The number of carbonyl (C=O) groups excluding carboxylic acids is 3. The first kappa shape index (κ1) is 24.2. The first-order chi connectivity index (χ1) is 13.0. The maximum atomic E-state index is 12.9. The molecule has 9 nitrogen and oxygen atoms in total. The van der Waals surface area contributed by atoms with E-state index in [1.54, 1.807) is 27.7 Å². The Hall–Kier alpha value is -1.81. The molecule has 0 spiro atoms. The Morgan fingerprint density at radius 3 is 2.21 bits per heavy atom. The van der Waals surface area contributed by atoms with Gasteiger partial charge in [-0.15, -0.1) is 0 Å². The molecule has 1 aliphatic heterocycles. The summed E-state index contributed by atoms with van der Waals surface area (Å²) in [6.07, 6.45) is 1.04. The third kappa shape index (κ3) is 6.10. The van der Waals surface area contributed by atoms with Crippen LogP contribution in [0.3, 0.4) is 0 Å². The molecule has 4 atom stereocenters. The number of likely N-dealkylation sites (tertiary alicyclic amines) is 1. The molecule has 0 bridgehead atoms. The van der Waals surface area contributed by atoms with Crippen molar-refractivity contribution in [3.05, 3.63) is 0 Å². The van der Waals surface area contributed by atoms with Crippen LogP contribution in [-0.2, 0) is 19.2 Å². The van der Waals surface area contributed by atoms with Gasteiger partial charge in [0, 0.05) is 12.3 Å². The van der Waals surface area contributed by atoms with Gasteiger partial charge in [-0.2, -0.15) is 12.6 Å². The van der Waals surface area contributed by atoms with Crippen LogP contribution in [0, 0.1) is 11.8 Å². The number of nitrogens with zero attached hydrogens (tertiary/aromatic N) is 1. The number of thiol groups is 1. The maximum absolute atomic E-state index is 12.9. The van der Waals surface area contributed by atoms with E-state index < -0.39 is 47.9 Å². The zero-order chi connectivity index (χ0) is 21.6. The second kappa shape index (κ2) is 10.7. The van der Waals surface area contributed by atoms with Gasteiger partial charge in [-0.05, 0) is 24.7 Å². The summed E-state index contributed by atoms with van der Waals surface area (Å²) in [6, 6.07) is -3.47. The number of hydrogen-bond acceptors (Lipinski definition) is 6. The van der Waals surface area contributed by atoms with E-state index in [4.69, 9.17) is 5.73 Å². The summed E-state index contributed by atoms with van der Waals surface area (Å²) in [5, 5.41) is 14.4. The van der Waals surface area contributed by atoms with E-state index in [0.29, 0.717) is 19.4 Å². The molecule has 28 heavy (non-hydrogen) atoms. The van der Waals surface area contributed by atoms with E-state index in [2.05, 4.69) is 23.3 Å². The Labute approximate surface area is 171 Å². The quantitative estimate of drug-likeness (QED) is 0.324. The first-order valence-electron chi connectivity index (χ1n) is 9.51. The molecule has 0 aromatic carbocycles. The minimum atomic E-state index is -1.12. The van der Waals surface area contributed by atoms with Crippen LogP contribution in [0.5, 0.6) is 0 Å². The number of nitrogens with one attached hydrogen (secondary N) is 2. The van der Waals surface area contributed by atoms with Crippen LogP contribution in [0.4, 0.5) is 0 Å². The number of carbonyl (C=O) groups is 4. The molecule has 0 saturated carbocycles. The Morgan fingerprint density at radius 2 is 1.75 bits per heavy atom. The highest BCUT2D eigenvalue weighted by molar-refractivity contribution is 7.80. The van der Waals surface area contributed by atoms with Gasteiger partial charge in [0.15, 0.2) is 0 Å². The zero-order valence-corrected chi connectivity index (χ0v) is 17.7. The summed E-state index contributed by atoms with van der Waals surface area (Å²) in [7, 11) is 0. The largest absolute Gasteiger partial charge is 0.480 e. The number of rotatable bonds is 9. The topological polar surface area (TPSA) is 142 Å². The molecule has 1 rings (SSSR count). The highest BCUT2D eigenvalue weighted by Gasteiger charge is 2.39. The van der Waals surface area contributed by atoms with Crippen LogP contribution in [0.15, 0.2) is 0 Å². The van der Waals surface area contributed by atoms with E-state index in [-0.39, 0.29) is 17.6 Å². The molecule has 5 N–H and O–H groups in total. The van der Waals surface area contributed by atoms with Gasteiger partial charge >= 0.3 is 5.97 Å². The molecule has 160 valence electrons. The van der Waals surface area contributed by atoms with Gasteiger partial charge in [-0.3, -0.25) is 14.4 Å². The SMILES string of the molecule is CC(C)C(N)C(=O)NC(CS)C(=O)N1CCCC1C(=O)NC(C(=O)O)C(C)C. The fourth-order valence-electron chi connectivity index (χ4n) is 3.02. The minimum absolute atomic E-state index is 0.0595. The van der Waals surface area contributed by atoms with Crippen molar-refractivity contribution >= 4 is 36.3 Å².